The van der Waals surface area contributed by atoms with Crippen LogP contribution in [0, 0.1) is 34.0 Å². The predicted octanol–water partition coefficient (Wildman–Crippen LogP) is 8.71. The van der Waals surface area contributed by atoms with Crippen molar-refractivity contribution in [1.82, 2.24) is 98.5 Å². The molecule has 33 heteroatoms. The molecule has 120 heavy (non-hydrogen) atoms. The number of allylic oxidation sites excluding steroid dienone is 1. The van der Waals surface area contributed by atoms with Gasteiger partial charge in [0.15, 0.2) is 9.84 Å². The summed E-state index contributed by atoms with van der Waals surface area (Å²) in [5.74, 6) is 4.40. The number of hydrogen-bond acceptors (Lipinski definition) is 29. The minimum absolute atomic E-state index is 0.0268. The molecular weight excluding hydrogens is 1540 g/mol. The number of sulfone groups is 1. The highest BCUT2D eigenvalue weighted by Crippen LogP contribution is 2.42. The predicted molar refractivity (Wildman–Crippen MR) is 448 cm³/mol. The molecule has 0 radical (unpaired) electrons. The van der Waals surface area contributed by atoms with E-state index in [1.807, 2.05) is 78.4 Å². The lowest BCUT2D eigenvalue weighted by atomic mass is 9.87. The van der Waals surface area contributed by atoms with Crippen LogP contribution < -0.4 is 28.9 Å². The van der Waals surface area contributed by atoms with E-state index in [0.29, 0.717) is 119 Å². The van der Waals surface area contributed by atoms with Gasteiger partial charge in [0.05, 0.1) is 140 Å². The maximum Gasteiger partial charge on any atom is 0.245 e. The molecule has 0 amide bonds. The number of nitriles is 3. The molecule has 9 fully saturated rings. The van der Waals surface area contributed by atoms with E-state index in [2.05, 4.69) is 142 Å². The third kappa shape index (κ3) is 15.3. The lowest BCUT2D eigenvalue weighted by molar-refractivity contribution is -0.00910. The molecule has 0 spiro atoms. The molecule has 9 saturated heterocycles. The fourth-order valence-electron chi connectivity index (χ4n) is 18.2. The van der Waals surface area contributed by atoms with Crippen LogP contribution >= 0.6 is 0 Å². The second-order valence-electron chi connectivity index (χ2n) is 31.9. The second kappa shape index (κ2) is 32.7. The Labute approximate surface area is 692 Å². The number of likely N-dealkylation sites (N-methyl/N-ethyl adjacent to an activating group) is 1. The van der Waals surface area contributed by atoms with Gasteiger partial charge in [0, 0.05) is 180 Å². The topological polar surface area (TPSA) is 346 Å². The van der Waals surface area contributed by atoms with Crippen LogP contribution in [-0.2, 0) is 34.2 Å². The van der Waals surface area contributed by atoms with E-state index in [9.17, 15) is 24.2 Å². The largest absolute Gasteiger partial charge is 0.481 e. The van der Waals surface area contributed by atoms with Gasteiger partial charge in [-0.05, 0) is 114 Å². The Morgan fingerprint density at radius 3 is 1.23 bits per heavy atom. The number of aromatic nitrogens is 16. The monoisotopic (exact) mass is 1620 g/mol. The van der Waals surface area contributed by atoms with Crippen LogP contribution in [0.5, 0.6) is 17.6 Å². The summed E-state index contributed by atoms with van der Waals surface area (Å²) >= 11 is 0. The van der Waals surface area contributed by atoms with Gasteiger partial charge >= 0.3 is 0 Å². The zero-order valence-corrected chi connectivity index (χ0v) is 67.6. The molecule has 6 bridgehead atoms. The molecule has 24 heterocycles. The normalized spacial score (nSPS) is 21.2. The van der Waals surface area contributed by atoms with Crippen molar-refractivity contribution < 1.29 is 27.4 Å². The zero-order valence-electron chi connectivity index (χ0n) is 66.8. The average molecular weight is 1620 g/mol. The van der Waals surface area contributed by atoms with E-state index in [1.165, 1.54) is 53.3 Å². The highest BCUT2D eigenvalue weighted by Gasteiger charge is 2.48. The van der Waals surface area contributed by atoms with E-state index in [0.717, 1.165) is 147 Å². The number of hydrogen-bond donors (Lipinski definition) is 0. The third-order valence-electron chi connectivity index (χ3n) is 24.7. The molecular formula is C87H86N26O6S. The molecule has 0 aromatic carbocycles. The molecule has 6 unspecified atom stereocenters. The summed E-state index contributed by atoms with van der Waals surface area (Å²) in [5, 5.41) is 51.6. The molecule has 0 N–H and O–H groups in total. The highest BCUT2D eigenvalue weighted by molar-refractivity contribution is 7.91. The highest BCUT2D eigenvalue weighted by atomic mass is 32.2. The zero-order chi connectivity index (χ0) is 81.7. The van der Waals surface area contributed by atoms with Crippen LogP contribution in [0.1, 0.15) is 88.6 Å². The SMILES string of the molecule is COc1ccc(CN2C3CC2CN(c2cnc(-c4cc(C5=CCN(C)CC5)cn5ncc(C#N)c45)cn2)C3)cn1.COc1ccc(CN2C3CC2CN(c2cnc(-c4cc(C5=CCS(=O)(=O)CC5)cn5ncc(C#N)c45)cn2)C3)cn1.COc1ccc(CN2C3CC2CN(c2ncc(-c4cc(C5=CCOCC5)cn5ncc(C#N)c45)nn2)C3)cn1. The van der Waals surface area contributed by atoms with Crippen LogP contribution in [0.15, 0.2) is 160 Å². The first-order valence-electron chi connectivity index (χ1n) is 40.3. The van der Waals surface area contributed by atoms with Crippen molar-refractivity contribution in [2.75, 3.05) is 120 Å². The summed E-state index contributed by atoms with van der Waals surface area (Å²) in [7, 11) is 3.97. The minimum Gasteiger partial charge on any atom is -0.481 e. The van der Waals surface area contributed by atoms with E-state index < -0.39 is 9.84 Å². The van der Waals surface area contributed by atoms with Gasteiger partial charge < -0.3 is 38.5 Å². The number of fused-ring (bicyclic) bond motifs is 9. The Balaban J connectivity index is 0.000000119. The van der Waals surface area contributed by atoms with Gasteiger partial charge in [0.1, 0.15) is 35.5 Å². The Bertz CT molecular complexity index is 6180. The van der Waals surface area contributed by atoms with Crippen molar-refractivity contribution in [2.45, 2.75) is 94.4 Å². The molecule has 12 aromatic heterocycles. The summed E-state index contributed by atoms with van der Waals surface area (Å²) in [6.07, 6.45) is 37.2. The van der Waals surface area contributed by atoms with Crippen molar-refractivity contribution in [1.29, 1.82) is 15.8 Å². The fraction of sp³-hybridized carbons (Fsp3) is 0.356. The average Bonchev–Trinajstić information content (AvgIpc) is 1.54. The quantitative estimate of drug-likeness (QED) is 0.0774. The molecule has 32 nitrogen and oxygen atoms in total. The maximum absolute atomic E-state index is 11.9. The summed E-state index contributed by atoms with van der Waals surface area (Å²) < 4.78 is 50.1. The number of anilines is 3. The van der Waals surface area contributed by atoms with Gasteiger partial charge in [-0.25, -0.2) is 51.9 Å². The number of piperidine rings is 3. The first-order valence-corrected chi connectivity index (χ1v) is 42.2. The van der Waals surface area contributed by atoms with Gasteiger partial charge in [-0.3, -0.25) is 24.7 Å². The van der Waals surface area contributed by atoms with Gasteiger partial charge in [0.2, 0.25) is 23.6 Å². The molecule has 12 aromatic rings. The van der Waals surface area contributed by atoms with Crippen LogP contribution in [0.4, 0.5) is 17.6 Å². The van der Waals surface area contributed by atoms with E-state index in [1.54, 1.807) is 67.4 Å². The van der Waals surface area contributed by atoms with E-state index >= 15 is 0 Å². The van der Waals surface area contributed by atoms with Gasteiger partial charge in [-0.15, -0.1) is 10.2 Å². The number of rotatable bonds is 18. The number of nitrogens with zero attached hydrogens (tertiary/aromatic N) is 26. The first kappa shape index (κ1) is 76.9. The smallest absolute Gasteiger partial charge is 0.245 e. The van der Waals surface area contributed by atoms with Crippen LogP contribution in [-0.4, -0.2) is 249 Å². The maximum atomic E-state index is 11.9. The lowest BCUT2D eigenvalue weighted by Crippen LogP contribution is -2.68. The van der Waals surface area contributed by atoms with Gasteiger partial charge in [0.25, 0.3) is 0 Å². The Morgan fingerprint density at radius 2 is 0.883 bits per heavy atom. The van der Waals surface area contributed by atoms with Crippen molar-refractivity contribution in [3.63, 3.8) is 0 Å². The number of methoxy groups -OCH3 is 3. The van der Waals surface area contributed by atoms with Crippen molar-refractivity contribution >= 4 is 60.7 Å². The Hall–Kier alpha value is -13.1. The number of piperazine rings is 3. The van der Waals surface area contributed by atoms with Gasteiger partial charge in [-0.1, -0.05) is 36.4 Å². The molecule has 0 aliphatic carbocycles. The van der Waals surface area contributed by atoms with Crippen LogP contribution in [0.3, 0.4) is 0 Å². The molecule has 24 rings (SSSR count). The molecule has 12 aliphatic rings. The lowest BCUT2D eigenvalue weighted by Gasteiger charge is -2.56. The molecule has 606 valence electrons. The summed E-state index contributed by atoms with van der Waals surface area (Å²) in [4.78, 5) is 53.8. The van der Waals surface area contributed by atoms with Crippen molar-refractivity contribution in [3.05, 3.63) is 210 Å². The summed E-state index contributed by atoms with van der Waals surface area (Å²) in [6.45, 7) is 11.2. The standard InChI is InChI=1S/C30H31N9O.C29H28N8O3S.C28H27N9O2/c1-36-7-5-21(6-8-36)22-9-26(30-23(11-31)13-35-39(30)17-22)27-14-33-28(15-32-27)37-18-24-10-25(19-37)38(24)16-20-3-4-29(40-2)34-12-20;1-40-28-3-2-19(11-33-28)15-36-23-9-24(36)18-35(17-23)27-14-31-26(13-32-27)25-8-21(20-4-6-41(38,39)7-5-20)16-37-29(25)22(10-30)12-34-37;1-38-26-3-2-18(11-30-26)14-36-22-9-23(36)17-35(16-22)28-31-13-25(33-34-28)24-8-20(19-4-6-39-7-5-19)15-37-27(24)21(10-29)12-32-37/h3-5,9,12-15,17,24-25H,6-8,10,16,18-19H2,1-2H3;2-4,8,11-14,16,23-24H,5-7,9,15,17-18H2,1H3;2-4,8,11-13,15,22-23H,5-7,9,14,16-17H2,1H3. The summed E-state index contributed by atoms with van der Waals surface area (Å²) in [6, 6.07) is 27.7. The fourth-order valence-corrected chi connectivity index (χ4v) is 19.3. The molecule has 0 saturated carbocycles. The van der Waals surface area contributed by atoms with Crippen molar-refractivity contribution in [2.24, 2.45) is 0 Å². The molecule has 6 atom stereocenters. The van der Waals surface area contributed by atoms with E-state index in [4.69, 9.17) is 43.9 Å². The minimum atomic E-state index is -3.05. The first-order chi connectivity index (χ1) is 58.7. The Kier molecular flexibility index (Phi) is 20.9. The second-order valence-corrected chi connectivity index (χ2v) is 34.1. The Morgan fingerprint density at radius 1 is 0.458 bits per heavy atom. The van der Waals surface area contributed by atoms with Gasteiger partial charge in [-0.2, -0.15) is 31.1 Å². The van der Waals surface area contributed by atoms with Crippen molar-refractivity contribution in [3.8, 4) is 69.6 Å². The van der Waals surface area contributed by atoms with E-state index in [-0.39, 0.29) is 11.5 Å². The third-order valence-corrected chi connectivity index (χ3v) is 26.2. The number of ether oxygens (including phenoxy) is 4. The molecule has 12 aliphatic heterocycles. The number of pyridine rings is 6. The summed E-state index contributed by atoms with van der Waals surface area (Å²) in [5.41, 5.74) is 18.0. The van der Waals surface area contributed by atoms with Crippen LogP contribution in [0.25, 0.3) is 67.0 Å². The van der Waals surface area contributed by atoms with Crippen LogP contribution in [0.2, 0.25) is 0 Å².